The number of nitrogens with zero attached hydrogens (tertiary/aromatic N) is 1. The van der Waals surface area contributed by atoms with E-state index < -0.39 is 44.0 Å². The summed E-state index contributed by atoms with van der Waals surface area (Å²) in [6.07, 6.45) is -5.92. The second-order valence-corrected chi connectivity index (χ2v) is 7.91. The Hall–Kier alpha value is -2.50. The molecule has 0 aliphatic carbocycles. The molecule has 3 N–H and O–H groups in total. The van der Waals surface area contributed by atoms with Crippen LogP contribution in [0, 0.1) is 0 Å². The van der Waals surface area contributed by atoms with E-state index in [0.29, 0.717) is 0 Å². The summed E-state index contributed by atoms with van der Waals surface area (Å²) in [6, 6.07) is 9.98. The van der Waals surface area contributed by atoms with Crippen LogP contribution in [-0.2, 0) is 15.9 Å². The maximum absolute atomic E-state index is 14.2. The third-order valence-electron chi connectivity index (χ3n) is 4.02. The number of alkyl halides is 5. The maximum atomic E-state index is 14.2. The Bertz CT molecular complexity index is 1160. The highest BCUT2D eigenvalue weighted by Gasteiger charge is 2.61. The number of aromatic nitrogens is 2. The van der Waals surface area contributed by atoms with Gasteiger partial charge in [0.1, 0.15) is 11.4 Å². The maximum Gasteiger partial charge on any atom is 0.459 e. The second-order valence-electron chi connectivity index (χ2n) is 5.94. The third-order valence-corrected chi connectivity index (χ3v) is 5.24. The van der Waals surface area contributed by atoms with Gasteiger partial charge < -0.3 is 0 Å². The summed E-state index contributed by atoms with van der Waals surface area (Å²) in [5.41, 5.74) is -2.91. The van der Waals surface area contributed by atoms with Gasteiger partial charge in [0.15, 0.2) is 0 Å². The lowest BCUT2D eigenvalue weighted by Crippen LogP contribution is -2.34. The number of hydrogen-bond acceptors (Lipinski definition) is 3. The molecule has 1 heterocycles. The van der Waals surface area contributed by atoms with Gasteiger partial charge in [-0.15, -0.1) is 0 Å². The molecule has 0 unspecified atom stereocenters. The third kappa shape index (κ3) is 3.85. The first-order chi connectivity index (χ1) is 13.3. The van der Waals surface area contributed by atoms with Gasteiger partial charge in [0.2, 0.25) is 10.0 Å². The van der Waals surface area contributed by atoms with E-state index in [0.717, 1.165) is 6.07 Å². The predicted octanol–water partition coefficient (Wildman–Crippen LogP) is 4.70. The zero-order valence-electron chi connectivity index (χ0n) is 14.1. The van der Waals surface area contributed by atoms with Crippen LogP contribution >= 0.6 is 11.6 Å². The summed E-state index contributed by atoms with van der Waals surface area (Å²) in [5, 5.41) is 10.7. The smallest absolute Gasteiger partial charge is 0.275 e. The van der Waals surface area contributed by atoms with Crippen LogP contribution in [-0.4, -0.2) is 24.8 Å². The Kier molecular flexibility index (Phi) is 5.18. The molecular weight excluding hydrogens is 441 g/mol. The van der Waals surface area contributed by atoms with E-state index in [2.05, 4.69) is 5.10 Å². The highest BCUT2D eigenvalue weighted by atomic mass is 35.5. The van der Waals surface area contributed by atoms with Gasteiger partial charge in [-0.1, -0.05) is 41.9 Å². The van der Waals surface area contributed by atoms with Crippen LogP contribution in [0.3, 0.4) is 0 Å². The molecule has 3 rings (SSSR count). The molecule has 0 amide bonds. The number of rotatable bonds is 4. The van der Waals surface area contributed by atoms with Gasteiger partial charge >= 0.3 is 12.1 Å². The Balaban J connectivity index is 2.39. The summed E-state index contributed by atoms with van der Waals surface area (Å²) < 4.78 is 91.2. The largest absolute Gasteiger partial charge is 0.459 e. The minimum Gasteiger partial charge on any atom is -0.275 e. The molecular formula is C17H11ClF5N3O2S. The molecule has 0 saturated heterocycles. The normalized spacial score (nSPS) is 12.9. The Morgan fingerprint density at radius 3 is 2.10 bits per heavy atom. The monoisotopic (exact) mass is 451 g/mol. The topological polar surface area (TPSA) is 88.8 Å². The number of hydrogen-bond donors (Lipinski definition) is 2. The molecule has 3 aromatic rings. The van der Waals surface area contributed by atoms with Crippen LogP contribution < -0.4 is 5.14 Å². The molecule has 29 heavy (non-hydrogen) atoms. The van der Waals surface area contributed by atoms with Crippen molar-refractivity contribution in [3.05, 3.63) is 59.2 Å². The summed E-state index contributed by atoms with van der Waals surface area (Å²) in [7, 11) is -4.33. The standard InChI is InChI=1S/C17H11ClF5N3O2S/c18-10-7-5-9(6-8-10)13-14(11-3-1-2-4-12(11)29(24,27)28)25-26-15(13)16(19,20)17(21,22)23/h1-8H,(H,25,26)(H2,24,27,28). The van der Waals surface area contributed by atoms with E-state index in [4.69, 9.17) is 16.7 Å². The number of nitrogens with two attached hydrogens (primary N) is 1. The van der Waals surface area contributed by atoms with Crippen LogP contribution in [0.2, 0.25) is 5.02 Å². The fourth-order valence-corrected chi connectivity index (χ4v) is 3.58. The predicted molar refractivity (Wildman–Crippen MR) is 95.8 cm³/mol. The van der Waals surface area contributed by atoms with E-state index in [9.17, 15) is 30.4 Å². The molecule has 0 radical (unpaired) electrons. The minimum atomic E-state index is -5.92. The first-order valence-electron chi connectivity index (χ1n) is 7.75. The molecule has 0 aliphatic heterocycles. The van der Waals surface area contributed by atoms with Crippen molar-refractivity contribution in [3.8, 4) is 22.4 Å². The Morgan fingerprint density at radius 2 is 1.55 bits per heavy atom. The van der Waals surface area contributed by atoms with Gasteiger partial charge in [0, 0.05) is 16.1 Å². The average Bonchev–Trinajstić information content (AvgIpc) is 3.06. The average molecular weight is 452 g/mol. The summed E-state index contributed by atoms with van der Waals surface area (Å²) in [4.78, 5) is -0.483. The number of primary sulfonamides is 1. The van der Waals surface area contributed by atoms with Crippen LogP contribution in [0.4, 0.5) is 22.0 Å². The number of H-pyrrole nitrogens is 1. The fraction of sp³-hybridized carbons (Fsp3) is 0.118. The number of benzene rings is 2. The summed E-state index contributed by atoms with van der Waals surface area (Å²) in [6.45, 7) is 0. The van der Waals surface area contributed by atoms with E-state index >= 15 is 0 Å². The number of aromatic amines is 1. The Labute approximate surface area is 166 Å². The van der Waals surface area contributed by atoms with Gasteiger partial charge in [-0.3, -0.25) is 5.10 Å². The molecule has 154 valence electrons. The minimum absolute atomic E-state index is 0.0821. The highest BCUT2D eigenvalue weighted by molar-refractivity contribution is 7.89. The number of sulfonamides is 1. The lowest BCUT2D eigenvalue weighted by molar-refractivity contribution is -0.290. The molecule has 0 saturated carbocycles. The van der Waals surface area contributed by atoms with Crippen molar-refractivity contribution in [3.63, 3.8) is 0 Å². The summed E-state index contributed by atoms with van der Waals surface area (Å²) in [5.74, 6) is -5.29. The van der Waals surface area contributed by atoms with Gasteiger partial charge in [-0.25, -0.2) is 13.6 Å². The molecule has 2 aromatic carbocycles. The lowest BCUT2D eigenvalue weighted by atomic mass is 9.96. The summed E-state index contributed by atoms with van der Waals surface area (Å²) >= 11 is 5.77. The number of halogens is 6. The quantitative estimate of drug-likeness (QED) is 0.563. The zero-order valence-corrected chi connectivity index (χ0v) is 15.7. The van der Waals surface area contributed by atoms with Gasteiger partial charge in [-0.2, -0.15) is 27.1 Å². The molecule has 12 heteroatoms. The van der Waals surface area contributed by atoms with E-state index in [-0.39, 0.29) is 16.1 Å². The van der Waals surface area contributed by atoms with Crippen molar-refractivity contribution < 1.29 is 30.4 Å². The van der Waals surface area contributed by atoms with Gasteiger partial charge in [0.25, 0.3) is 0 Å². The van der Waals surface area contributed by atoms with Crippen molar-refractivity contribution in [2.24, 2.45) is 5.14 Å². The van der Waals surface area contributed by atoms with Crippen LogP contribution in [0.1, 0.15) is 5.69 Å². The molecule has 5 nitrogen and oxygen atoms in total. The van der Waals surface area contributed by atoms with E-state index in [1.54, 1.807) is 5.10 Å². The molecule has 0 aliphatic rings. The molecule has 0 spiro atoms. The molecule has 0 bridgehead atoms. The molecule has 0 fully saturated rings. The number of nitrogens with one attached hydrogen (secondary N) is 1. The highest BCUT2D eigenvalue weighted by Crippen LogP contribution is 2.49. The fourth-order valence-electron chi connectivity index (χ4n) is 2.71. The SMILES string of the molecule is NS(=O)(=O)c1ccccc1-c1n[nH]c(C(F)(F)C(F)(F)F)c1-c1ccc(Cl)cc1. The molecule has 1 aromatic heterocycles. The van der Waals surface area contributed by atoms with Crippen LogP contribution in [0.15, 0.2) is 53.4 Å². The van der Waals surface area contributed by atoms with Crippen LogP contribution in [0.25, 0.3) is 22.4 Å². The van der Waals surface area contributed by atoms with Crippen molar-refractivity contribution in [2.45, 2.75) is 17.0 Å². The Morgan fingerprint density at radius 1 is 0.966 bits per heavy atom. The van der Waals surface area contributed by atoms with Crippen molar-refractivity contribution in [1.82, 2.24) is 10.2 Å². The first kappa shape index (κ1) is 21.2. The van der Waals surface area contributed by atoms with Crippen molar-refractivity contribution >= 4 is 21.6 Å². The van der Waals surface area contributed by atoms with Gasteiger partial charge in [-0.05, 0) is 23.8 Å². The lowest BCUT2D eigenvalue weighted by Gasteiger charge is -2.20. The molecule has 0 atom stereocenters. The van der Waals surface area contributed by atoms with Gasteiger partial charge in [0.05, 0.1) is 4.90 Å². The van der Waals surface area contributed by atoms with Crippen molar-refractivity contribution in [1.29, 1.82) is 0 Å². The zero-order chi connectivity index (χ0) is 21.6. The van der Waals surface area contributed by atoms with E-state index in [1.165, 1.54) is 42.5 Å². The van der Waals surface area contributed by atoms with Crippen molar-refractivity contribution in [2.75, 3.05) is 0 Å². The van der Waals surface area contributed by atoms with Crippen LogP contribution in [0.5, 0.6) is 0 Å². The first-order valence-corrected chi connectivity index (χ1v) is 9.68. The second kappa shape index (κ2) is 7.08. The van der Waals surface area contributed by atoms with E-state index in [1.807, 2.05) is 0 Å².